The van der Waals surface area contributed by atoms with Crippen LogP contribution in [0.2, 0.25) is 0 Å². The van der Waals surface area contributed by atoms with E-state index in [1.54, 1.807) is 6.08 Å². The van der Waals surface area contributed by atoms with Crippen LogP contribution in [-0.2, 0) is 0 Å². The van der Waals surface area contributed by atoms with Gasteiger partial charge in [-0.05, 0) is 24.6 Å². The van der Waals surface area contributed by atoms with E-state index in [-0.39, 0.29) is 0 Å². The molecule has 0 saturated carbocycles. The fourth-order valence-corrected chi connectivity index (χ4v) is 4.66. The van der Waals surface area contributed by atoms with Gasteiger partial charge in [0.05, 0.1) is 22.4 Å². The van der Waals surface area contributed by atoms with Crippen molar-refractivity contribution in [1.29, 1.82) is 0 Å². The van der Waals surface area contributed by atoms with Crippen LogP contribution in [0.15, 0.2) is 120 Å². The molecule has 0 fully saturated rings. The van der Waals surface area contributed by atoms with Gasteiger partial charge in [0.15, 0.2) is 0 Å². The van der Waals surface area contributed by atoms with Crippen molar-refractivity contribution < 1.29 is 4.42 Å². The standard InChI is InChI=1S/C33H24N2O/c1-3-4-13-26-22(2)36-33-27(14-10-15-28(26)33)23-18-20-25(21-19-23)32-31(24-11-6-5-7-12-24)34-29-16-8-9-17-30(29)35-32/h3-21H,1H2,2H3/b13-4-. The van der Waals surface area contributed by atoms with Crippen LogP contribution in [0, 0.1) is 6.92 Å². The summed E-state index contributed by atoms with van der Waals surface area (Å²) in [6.07, 6.45) is 5.76. The average molecular weight is 465 g/mol. The summed E-state index contributed by atoms with van der Waals surface area (Å²) in [6, 6.07) is 33.0. The van der Waals surface area contributed by atoms with E-state index in [9.17, 15) is 0 Å². The fraction of sp³-hybridized carbons (Fsp3) is 0.0303. The number of rotatable bonds is 5. The Bertz CT molecular complexity index is 1740. The predicted octanol–water partition coefficient (Wildman–Crippen LogP) is 8.88. The van der Waals surface area contributed by atoms with Crippen molar-refractivity contribution >= 4 is 28.1 Å². The number of benzene rings is 4. The summed E-state index contributed by atoms with van der Waals surface area (Å²) in [4.78, 5) is 10.0. The molecule has 0 bridgehead atoms. The first-order chi connectivity index (χ1) is 17.7. The Labute approximate surface area is 210 Å². The second kappa shape index (κ2) is 9.12. The second-order valence-electron chi connectivity index (χ2n) is 8.70. The highest BCUT2D eigenvalue weighted by atomic mass is 16.3. The van der Waals surface area contributed by atoms with Crippen molar-refractivity contribution in [3.8, 4) is 33.6 Å². The molecule has 0 spiro atoms. The molecule has 172 valence electrons. The maximum atomic E-state index is 6.21. The third kappa shape index (κ3) is 3.81. The maximum Gasteiger partial charge on any atom is 0.142 e. The Balaban J connectivity index is 1.47. The van der Waals surface area contributed by atoms with Gasteiger partial charge < -0.3 is 4.42 Å². The van der Waals surface area contributed by atoms with Crippen molar-refractivity contribution in [2.75, 3.05) is 0 Å². The fourth-order valence-electron chi connectivity index (χ4n) is 4.66. The Kier molecular flexibility index (Phi) is 5.51. The number of hydrogen-bond acceptors (Lipinski definition) is 3. The zero-order chi connectivity index (χ0) is 24.5. The van der Waals surface area contributed by atoms with Crippen molar-refractivity contribution in [2.45, 2.75) is 6.92 Å². The minimum Gasteiger partial charge on any atom is -0.460 e. The minimum absolute atomic E-state index is 0.871. The van der Waals surface area contributed by atoms with E-state index >= 15 is 0 Å². The summed E-state index contributed by atoms with van der Waals surface area (Å²) in [5.41, 5.74) is 9.72. The number of fused-ring (bicyclic) bond motifs is 2. The van der Waals surface area contributed by atoms with E-state index in [0.29, 0.717) is 0 Å². The van der Waals surface area contributed by atoms with Gasteiger partial charge in [0.1, 0.15) is 11.3 Å². The molecule has 3 heteroatoms. The van der Waals surface area contributed by atoms with Gasteiger partial charge in [-0.1, -0.05) is 110 Å². The lowest BCUT2D eigenvalue weighted by molar-refractivity contribution is 0.578. The van der Waals surface area contributed by atoms with Crippen LogP contribution in [-0.4, -0.2) is 9.97 Å². The van der Waals surface area contributed by atoms with Gasteiger partial charge in [0.2, 0.25) is 0 Å². The number of aromatic nitrogens is 2. The van der Waals surface area contributed by atoms with Gasteiger partial charge in [-0.15, -0.1) is 0 Å². The summed E-state index contributed by atoms with van der Waals surface area (Å²) >= 11 is 0. The van der Waals surface area contributed by atoms with Gasteiger partial charge in [-0.3, -0.25) is 0 Å². The third-order valence-corrected chi connectivity index (χ3v) is 6.43. The van der Waals surface area contributed by atoms with Gasteiger partial charge >= 0.3 is 0 Å². The molecule has 36 heavy (non-hydrogen) atoms. The molecule has 2 aromatic heterocycles. The lowest BCUT2D eigenvalue weighted by Crippen LogP contribution is -1.95. The van der Waals surface area contributed by atoms with Crippen LogP contribution >= 0.6 is 0 Å². The zero-order valence-corrected chi connectivity index (χ0v) is 20.0. The number of nitrogens with zero attached hydrogens (tertiary/aromatic N) is 2. The molecule has 0 saturated heterocycles. The monoisotopic (exact) mass is 464 g/mol. The molecule has 6 aromatic rings. The van der Waals surface area contributed by atoms with E-state index in [4.69, 9.17) is 14.4 Å². The summed E-state index contributed by atoms with van der Waals surface area (Å²) in [6.45, 7) is 5.78. The number of para-hydroxylation sites is 3. The largest absolute Gasteiger partial charge is 0.460 e. The molecule has 0 radical (unpaired) electrons. The van der Waals surface area contributed by atoms with E-state index in [2.05, 4.69) is 61.2 Å². The van der Waals surface area contributed by atoms with E-state index in [1.165, 1.54) is 0 Å². The van der Waals surface area contributed by atoms with E-state index in [1.807, 2.05) is 61.5 Å². The normalized spacial score (nSPS) is 11.5. The quantitative estimate of drug-likeness (QED) is 0.239. The molecule has 0 N–H and O–H groups in total. The van der Waals surface area contributed by atoms with E-state index in [0.717, 1.165) is 67.0 Å². The number of aryl methyl sites for hydroxylation is 1. The van der Waals surface area contributed by atoms with Crippen LogP contribution in [0.3, 0.4) is 0 Å². The molecule has 0 atom stereocenters. The molecular weight excluding hydrogens is 440 g/mol. The summed E-state index contributed by atoms with van der Waals surface area (Å²) in [5, 5.41) is 1.10. The predicted molar refractivity (Wildman–Crippen MR) is 150 cm³/mol. The first-order valence-electron chi connectivity index (χ1n) is 12.0. The van der Waals surface area contributed by atoms with Crippen LogP contribution in [0.5, 0.6) is 0 Å². The molecule has 0 aliphatic heterocycles. The molecule has 4 aromatic carbocycles. The number of furan rings is 1. The second-order valence-corrected chi connectivity index (χ2v) is 8.70. The van der Waals surface area contributed by atoms with Crippen LogP contribution in [0.4, 0.5) is 0 Å². The summed E-state index contributed by atoms with van der Waals surface area (Å²) in [7, 11) is 0. The molecule has 0 aliphatic rings. The number of allylic oxidation sites excluding steroid dienone is 2. The Morgan fingerprint density at radius 2 is 1.28 bits per heavy atom. The average Bonchev–Trinajstić information content (AvgIpc) is 3.26. The summed E-state index contributed by atoms with van der Waals surface area (Å²) in [5.74, 6) is 0.895. The molecule has 6 rings (SSSR count). The van der Waals surface area contributed by atoms with Gasteiger partial charge in [-0.25, -0.2) is 9.97 Å². The van der Waals surface area contributed by atoms with Crippen molar-refractivity contribution in [2.24, 2.45) is 0 Å². The molecular formula is C33H24N2O. The first-order valence-corrected chi connectivity index (χ1v) is 12.0. The molecule has 3 nitrogen and oxygen atoms in total. The van der Waals surface area contributed by atoms with Crippen LogP contribution < -0.4 is 0 Å². The van der Waals surface area contributed by atoms with Crippen molar-refractivity contribution in [3.63, 3.8) is 0 Å². The Hall–Kier alpha value is -4.76. The molecule has 0 amide bonds. The highest BCUT2D eigenvalue weighted by Gasteiger charge is 2.16. The van der Waals surface area contributed by atoms with Crippen LogP contribution in [0.1, 0.15) is 11.3 Å². The lowest BCUT2D eigenvalue weighted by Gasteiger charge is -2.11. The van der Waals surface area contributed by atoms with Gasteiger partial charge in [0.25, 0.3) is 0 Å². The van der Waals surface area contributed by atoms with Crippen molar-refractivity contribution in [1.82, 2.24) is 9.97 Å². The van der Waals surface area contributed by atoms with Gasteiger partial charge in [0, 0.05) is 27.6 Å². The van der Waals surface area contributed by atoms with Crippen molar-refractivity contribution in [3.05, 3.63) is 127 Å². The molecule has 0 unspecified atom stereocenters. The lowest BCUT2D eigenvalue weighted by atomic mass is 9.98. The SMILES string of the molecule is C=C/C=C\c1c(C)oc2c(-c3ccc(-c4nc5ccccc5nc4-c4ccccc4)cc3)cccc12. The Morgan fingerprint density at radius 1 is 0.667 bits per heavy atom. The Morgan fingerprint density at radius 3 is 1.94 bits per heavy atom. The topological polar surface area (TPSA) is 38.9 Å². The zero-order valence-electron chi connectivity index (χ0n) is 20.0. The molecule has 0 aliphatic carbocycles. The van der Waals surface area contributed by atoms with Gasteiger partial charge in [-0.2, -0.15) is 0 Å². The minimum atomic E-state index is 0.871. The highest BCUT2D eigenvalue weighted by molar-refractivity contribution is 5.98. The highest BCUT2D eigenvalue weighted by Crippen LogP contribution is 2.36. The molecule has 2 heterocycles. The maximum absolute atomic E-state index is 6.21. The number of hydrogen-bond donors (Lipinski definition) is 0. The van der Waals surface area contributed by atoms with E-state index < -0.39 is 0 Å². The first kappa shape index (κ1) is 21.8. The third-order valence-electron chi connectivity index (χ3n) is 6.43. The summed E-state index contributed by atoms with van der Waals surface area (Å²) < 4.78 is 6.21. The smallest absolute Gasteiger partial charge is 0.142 e. The van der Waals surface area contributed by atoms with Crippen LogP contribution in [0.25, 0.3) is 61.7 Å².